The summed E-state index contributed by atoms with van der Waals surface area (Å²) in [4.78, 5) is 2.40. The molecule has 2 rings (SSSR count). The summed E-state index contributed by atoms with van der Waals surface area (Å²) in [6, 6.07) is 13.2. The van der Waals surface area contributed by atoms with Crippen molar-refractivity contribution < 1.29 is 0 Å². The van der Waals surface area contributed by atoms with Crippen molar-refractivity contribution in [1.82, 2.24) is 4.90 Å². The second-order valence-corrected chi connectivity index (χ2v) is 5.98. The first kappa shape index (κ1) is 14.8. The van der Waals surface area contributed by atoms with Gasteiger partial charge in [-0.15, -0.1) is 0 Å². The van der Waals surface area contributed by atoms with Crippen LogP contribution in [0, 0.1) is 27.7 Å². The van der Waals surface area contributed by atoms with Crippen LogP contribution in [0.5, 0.6) is 0 Å². The molecule has 0 unspecified atom stereocenters. The molecule has 0 atom stereocenters. The zero-order chi connectivity index (χ0) is 14.7. The zero-order valence-electron chi connectivity index (χ0n) is 13.3. The Bertz CT molecular complexity index is 575. The lowest BCUT2D eigenvalue weighted by atomic mass is 9.99. The van der Waals surface area contributed by atoms with Gasteiger partial charge in [0.1, 0.15) is 0 Å². The lowest BCUT2D eigenvalue weighted by Gasteiger charge is -2.21. The maximum Gasteiger partial charge on any atom is 0.0239 e. The van der Waals surface area contributed by atoms with Crippen molar-refractivity contribution in [3.05, 3.63) is 69.8 Å². The summed E-state index contributed by atoms with van der Waals surface area (Å²) in [5.74, 6) is 0. The average Bonchev–Trinajstić information content (AvgIpc) is 2.36. The summed E-state index contributed by atoms with van der Waals surface area (Å²) >= 11 is 0. The van der Waals surface area contributed by atoms with Gasteiger partial charge in [0.25, 0.3) is 0 Å². The van der Waals surface area contributed by atoms with Crippen LogP contribution in [-0.4, -0.2) is 11.9 Å². The number of rotatable bonds is 4. The first-order valence-electron chi connectivity index (χ1n) is 7.27. The molecule has 20 heavy (non-hydrogen) atoms. The van der Waals surface area contributed by atoms with E-state index in [1.807, 2.05) is 0 Å². The Kier molecular flexibility index (Phi) is 4.61. The molecule has 0 bridgehead atoms. The molecule has 0 radical (unpaired) electrons. The summed E-state index contributed by atoms with van der Waals surface area (Å²) in [5, 5.41) is 0. The van der Waals surface area contributed by atoms with E-state index in [0.29, 0.717) is 0 Å². The van der Waals surface area contributed by atoms with Gasteiger partial charge in [-0.25, -0.2) is 0 Å². The van der Waals surface area contributed by atoms with E-state index in [-0.39, 0.29) is 0 Å². The lowest BCUT2D eigenvalue weighted by molar-refractivity contribution is 0.317. The van der Waals surface area contributed by atoms with Gasteiger partial charge in [-0.2, -0.15) is 0 Å². The van der Waals surface area contributed by atoms with E-state index in [2.05, 4.69) is 76.0 Å². The summed E-state index contributed by atoms with van der Waals surface area (Å²) in [7, 11) is 2.20. The molecular formula is C19H25N. The van der Waals surface area contributed by atoms with E-state index < -0.39 is 0 Å². The van der Waals surface area contributed by atoms with Crippen LogP contribution in [0.2, 0.25) is 0 Å². The van der Waals surface area contributed by atoms with E-state index in [1.165, 1.54) is 33.4 Å². The predicted molar refractivity (Wildman–Crippen MR) is 87.0 cm³/mol. The van der Waals surface area contributed by atoms with Crippen molar-refractivity contribution in [1.29, 1.82) is 0 Å². The molecule has 0 saturated heterocycles. The van der Waals surface area contributed by atoms with Gasteiger partial charge >= 0.3 is 0 Å². The number of aryl methyl sites for hydroxylation is 4. The van der Waals surface area contributed by atoms with Crippen LogP contribution < -0.4 is 0 Å². The minimum atomic E-state index is 0.999. The average molecular weight is 267 g/mol. The standard InChI is InChI=1S/C19H25N/c1-14-10-16(3)19(17(4)11-14)13-20(5)12-18-9-7-6-8-15(18)2/h6-11H,12-13H2,1-5H3. The molecule has 0 aromatic heterocycles. The zero-order valence-corrected chi connectivity index (χ0v) is 13.3. The highest BCUT2D eigenvalue weighted by Gasteiger charge is 2.08. The van der Waals surface area contributed by atoms with Gasteiger partial charge in [0.05, 0.1) is 0 Å². The number of nitrogens with zero attached hydrogens (tertiary/aromatic N) is 1. The van der Waals surface area contributed by atoms with Gasteiger partial charge < -0.3 is 0 Å². The quantitative estimate of drug-likeness (QED) is 0.785. The molecule has 0 aliphatic carbocycles. The van der Waals surface area contributed by atoms with Crippen molar-refractivity contribution in [2.24, 2.45) is 0 Å². The van der Waals surface area contributed by atoms with E-state index in [4.69, 9.17) is 0 Å². The molecule has 106 valence electrons. The van der Waals surface area contributed by atoms with Gasteiger partial charge in [-0.05, 0) is 62.6 Å². The fraction of sp³-hybridized carbons (Fsp3) is 0.368. The molecule has 0 spiro atoms. The van der Waals surface area contributed by atoms with Crippen molar-refractivity contribution in [2.45, 2.75) is 40.8 Å². The molecule has 1 nitrogen and oxygen atoms in total. The molecule has 0 aliphatic rings. The molecule has 0 amide bonds. The molecule has 1 heteroatoms. The van der Waals surface area contributed by atoms with E-state index >= 15 is 0 Å². The monoisotopic (exact) mass is 267 g/mol. The second kappa shape index (κ2) is 6.23. The van der Waals surface area contributed by atoms with Crippen LogP contribution in [0.15, 0.2) is 36.4 Å². The van der Waals surface area contributed by atoms with Crippen molar-refractivity contribution in [2.75, 3.05) is 7.05 Å². The highest BCUT2D eigenvalue weighted by Crippen LogP contribution is 2.19. The third-order valence-electron chi connectivity index (χ3n) is 3.97. The van der Waals surface area contributed by atoms with Gasteiger partial charge in [-0.1, -0.05) is 42.0 Å². The van der Waals surface area contributed by atoms with E-state index in [9.17, 15) is 0 Å². The van der Waals surface area contributed by atoms with Crippen LogP contribution >= 0.6 is 0 Å². The molecule has 0 heterocycles. The molecule has 2 aromatic rings. The van der Waals surface area contributed by atoms with Gasteiger partial charge in [0, 0.05) is 13.1 Å². The normalized spacial score (nSPS) is 11.1. The molecular weight excluding hydrogens is 242 g/mol. The summed E-state index contributed by atoms with van der Waals surface area (Å²) in [6.07, 6.45) is 0. The Morgan fingerprint density at radius 2 is 1.40 bits per heavy atom. The first-order valence-corrected chi connectivity index (χ1v) is 7.27. The van der Waals surface area contributed by atoms with Crippen molar-refractivity contribution in [3.63, 3.8) is 0 Å². The SMILES string of the molecule is Cc1cc(C)c(CN(C)Cc2ccccc2C)c(C)c1. The van der Waals surface area contributed by atoms with E-state index in [1.54, 1.807) is 0 Å². The fourth-order valence-electron chi connectivity index (χ4n) is 2.86. The van der Waals surface area contributed by atoms with Gasteiger partial charge in [0.2, 0.25) is 0 Å². The maximum atomic E-state index is 2.40. The summed E-state index contributed by atoms with van der Waals surface area (Å²) in [6.45, 7) is 10.8. The van der Waals surface area contributed by atoms with Crippen molar-refractivity contribution in [3.8, 4) is 0 Å². The number of hydrogen-bond donors (Lipinski definition) is 0. The van der Waals surface area contributed by atoms with Gasteiger partial charge in [-0.3, -0.25) is 4.90 Å². The van der Waals surface area contributed by atoms with Crippen LogP contribution in [-0.2, 0) is 13.1 Å². The fourth-order valence-corrected chi connectivity index (χ4v) is 2.86. The topological polar surface area (TPSA) is 3.24 Å². The molecule has 0 N–H and O–H groups in total. The van der Waals surface area contributed by atoms with Crippen molar-refractivity contribution >= 4 is 0 Å². The predicted octanol–water partition coefficient (Wildman–Crippen LogP) is 4.55. The van der Waals surface area contributed by atoms with Crippen LogP contribution in [0.3, 0.4) is 0 Å². The first-order chi connectivity index (χ1) is 9.47. The third-order valence-corrected chi connectivity index (χ3v) is 3.97. The molecule has 0 aliphatic heterocycles. The van der Waals surface area contributed by atoms with Crippen LogP contribution in [0.25, 0.3) is 0 Å². The highest BCUT2D eigenvalue weighted by atomic mass is 15.1. The molecule has 0 fully saturated rings. The Labute approximate surface area is 123 Å². The second-order valence-electron chi connectivity index (χ2n) is 5.98. The smallest absolute Gasteiger partial charge is 0.0239 e. The lowest BCUT2D eigenvalue weighted by Crippen LogP contribution is -2.19. The highest BCUT2D eigenvalue weighted by molar-refractivity contribution is 5.37. The van der Waals surface area contributed by atoms with Crippen LogP contribution in [0.4, 0.5) is 0 Å². The Balaban J connectivity index is 2.13. The maximum absolute atomic E-state index is 2.40. The Hall–Kier alpha value is -1.60. The minimum absolute atomic E-state index is 0.999. The molecule has 2 aromatic carbocycles. The summed E-state index contributed by atoms with van der Waals surface area (Å²) < 4.78 is 0. The summed E-state index contributed by atoms with van der Waals surface area (Å²) in [5.41, 5.74) is 8.41. The largest absolute Gasteiger partial charge is 0.298 e. The number of hydrogen-bond acceptors (Lipinski definition) is 1. The van der Waals surface area contributed by atoms with Crippen LogP contribution in [0.1, 0.15) is 33.4 Å². The minimum Gasteiger partial charge on any atom is -0.298 e. The van der Waals surface area contributed by atoms with E-state index in [0.717, 1.165) is 13.1 Å². The number of benzene rings is 2. The Morgan fingerprint density at radius 1 is 0.800 bits per heavy atom. The Morgan fingerprint density at radius 3 is 2.00 bits per heavy atom. The third kappa shape index (κ3) is 3.49. The molecule has 0 saturated carbocycles. The van der Waals surface area contributed by atoms with Gasteiger partial charge in [0.15, 0.2) is 0 Å².